The highest BCUT2D eigenvalue weighted by Crippen LogP contribution is 2.35. The van der Waals surface area contributed by atoms with Crippen LogP contribution < -0.4 is 10.6 Å². The molecule has 1 aromatic rings. The first-order valence-corrected chi connectivity index (χ1v) is 8.07. The molecule has 2 fully saturated rings. The van der Waals surface area contributed by atoms with Gasteiger partial charge in [-0.2, -0.15) is 0 Å². The summed E-state index contributed by atoms with van der Waals surface area (Å²) in [4.78, 5) is 14.4. The van der Waals surface area contributed by atoms with Crippen LogP contribution in [0.4, 0.5) is 5.88 Å². The fourth-order valence-corrected chi connectivity index (χ4v) is 3.37. The number of hydrogen-bond acceptors (Lipinski definition) is 5. The summed E-state index contributed by atoms with van der Waals surface area (Å²) in [6.07, 6.45) is 2.41. The van der Waals surface area contributed by atoms with Gasteiger partial charge in [-0.3, -0.25) is 15.0 Å². The molecule has 0 aromatic carbocycles. The van der Waals surface area contributed by atoms with Crippen LogP contribution in [0, 0.1) is 5.41 Å². The van der Waals surface area contributed by atoms with Crippen LogP contribution in [0.5, 0.6) is 0 Å². The average Bonchev–Trinajstić information content (AvgIpc) is 3.12. The van der Waals surface area contributed by atoms with Crippen molar-refractivity contribution in [3.05, 3.63) is 11.8 Å². The highest BCUT2D eigenvalue weighted by molar-refractivity contribution is 5.91. The largest absolute Gasteiger partial charge is 0.338 e. The monoisotopic (exact) mass is 342 g/mol. The number of carbonyl (C=O) groups excluding carboxylic acids is 1. The summed E-state index contributed by atoms with van der Waals surface area (Å²) in [6, 6.07) is 1.81. The van der Waals surface area contributed by atoms with Crippen LogP contribution >= 0.6 is 12.4 Å². The number of nitrogens with one attached hydrogen (secondary N) is 2. The zero-order valence-electron chi connectivity index (χ0n) is 14.1. The summed E-state index contributed by atoms with van der Waals surface area (Å²) >= 11 is 0. The minimum absolute atomic E-state index is 0. The van der Waals surface area contributed by atoms with E-state index >= 15 is 0 Å². The first kappa shape index (κ1) is 18.2. The molecule has 1 spiro atoms. The molecule has 0 bridgehead atoms. The Labute approximate surface area is 143 Å². The Morgan fingerprint density at radius 2 is 2.26 bits per heavy atom. The van der Waals surface area contributed by atoms with Gasteiger partial charge in [-0.05, 0) is 31.3 Å². The van der Waals surface area contributed by atoms with Crippen LogP contribution in [0.15, 0.2) is 10.6 Å². The predicted molar refractivity (Wildman–Crippen MR) is 92.1 cm³/mol. The van der Waals surface area contributed by atoms with Crippen LogP contribution in [0.3, 0.4) is 0 Å². The number of amides is 1. The van der Waals surface area contributed by atoms with Crippen LogP contribution in [-0.2, 0) is 10.2 Å². The lowest BCUT2D eigenvalue weighted by molar-refractivity contribution is -0.117. The van der Waals surface area contributed by atoms with Crippen molar-refractivity contribution in [3.8, 4) is 0 Å². The van der Waals surface area contributed by atoms with Crippen molar-refractivity contribution in [2.24, 2.45) is 5.41 Å². The van der Waals surface area contributed by atoms with Crippen molar-refractivity contribution in [1.29, 1.82) is 0 Å². The zero-order chi connectivity index (χ0) is 15.8. The number of hydrogen-bond donors (Lipinski definition) is 2. The second-order valence-corrected chi connectivity index (χ2v) is 7.76. The Hall–Kier alpha value is -1.11. The first-order chi connectivity index (χ1) is 10.4. The first-order valence-electron chi connectivity index (χ1n) is 8.07. The number of aromatic nitrogens is 1. The number of nitrogens with zero attached hydrogens (tertiary/aromatic N) is 2. The maximum Gasteiger partial charge on any atom is 0.240 e. The third kappa shape index (κ3) is 4.25. The van der Waals surface area contributed by atoms with Gasteiger partial charge in [0, 0.05) is 24.6 Å². The number of anilines is 1. The Balaban J connectivity index is 0.00000192. The van der Waals surface area contributed by atoms with Crippen molar-refractivity contribution in [2.75, 3.05) is 38.0 Å². The maximum atomic E-state index is 12.2. The summed E-state index contributed by atoms with van der Waals surface area (Å²) in [5.74, 6) is 0.408. The van der Waals surface area contributed by atoms with E-state index in [1.165, 1.54) is 12.8 Å². The van der Waals surface area contributed by atoms with Crippen molar-refractivity contribution < 1.29 is 9.32 Å². The van der Waals surface area contributed by atoms with Gasteiger partial charge in [0.05, 0.1) is 12.2 Å². The molecule has 0 radical (unpaired) electrons. The molecule has 1 amide bonds. The minimum atomic E-state index is -0.0801. The van der Waals surface area contributed by atoms with Crippen LogP contribution in [-0.4, -0.2) is 48.7 Å². The molecular formula is C16H27ClN4O2. The normalized spacial score (nSPS) is 24.8. The van der Waals surface area contributed by atoms with E-state index in [0.717, 1.165) is 31.9 Å². The van der Waals surface area contributed by atoms with Gasteiger partial charge in [0.25, 0.3) is 0 Å². The maximum absolute atomic E-state index is 12.2. The molecule has 2 N–H and O–H groups in total. The highest BCUT2D eigenvalue weighted by Gasteiger charge is 2.40. The Morgan fingerprint density at radius 3 is 2.87 bits per heavy atom. The van der Waals surface area contributed by atoms with E-state index < -0.39 is 0 Å². The fourth-order valence-electron chi connectivity index (χ4n) is 3.37. The lowest BCUT2D eigenvalue weighted by Gasteiger charge is -2.22. The van der Waals surface area contributed by atoms with Gasteiger partial charge in [-0.15, -0.1) is 12.4 Å². The smallest absolute Gasteiger partial charge is 0.240 e. The van der Waals surface area contributed by atoms with Gasteiger partial charge >= 0.3 is 0 Å². The van der Waals surface area contributed by atoms with Crippen LogP contribution in [0.2, 0.25) is 0 Å². The van der Waals surface area contributed by atoms with Gasteiger partial charge in [0.2, 0.25) is 11.8 Å². The molecule has 6 nitrogen and oxygen atoms in total. The standard InChI is InChI=1S/C16H26N4O2.ClH/c1-15(2,3)12-8-14(22-19-12)18-13(21)9-20-7-5-16(11-20)4-6-17-10-16;/h8,17H,4-7,9-11H2,1-3H3,(H,18,21);1H. The van der Waals surface area contributed by atoms with Gasteiger partial charge in [-0.25, -0.2) is 0 Å². The molecule has 2 aliphatic heterocycles. The van der Waals surface area contributed by atoms with Gasteiger partial charge in [0.15, 0.2) is 0 Å². The molecule has 0 saturated carbocycles. The van der Waals surface area contributed by atoms with Crippen LogP contribution in [0.1, 0.15) is 39.3 Å². The minimum Gasteiger partial charge on any atom is -0.338 e. The van der Waals surface area contributed by atoms with E-state index in [2.05, 4.69) is 41.5 Å². The fraction of sp³-hybridized carbons (Fsp3) is 0.750. The zero-order valence-corrected chi connectivity index (χ0v) is 15.0. The van der Waals surface area contributed by atoms with E-state index in [0.29, 0.717) is 17.8 Å². The molecule has 7 heteroatoms. The number of rotatable bonds is 3. The third-order valence-electron chi connectivity index (χ3n) is 4.76. The van der Waals surface area contributed by atoms with Crippen molar-refractivity contribution in [3.63, 3.8) is 0 Å². The SMILES string of the molecule is CC(C)(C)c1cc(NC(=O)CN2CCC3(CCNC3)C2)on1.Cl. The average molecular weight is 343 g/mol. The van der Waals surface area contributed by atoms with Crippen molar-refractivity contribution in [2.45, 2.75) is 39.0 Å². The van der Waals surface area contributed by atoms with E-state index in [4.69, 9.17) is 4.52 Å². The molecule has 3 rings (SSSR count). The molecule has 1 unspecified atom stereocenters. The molecule has 0 aliphatic carbocycles. The van der Waals surface area contributed by atoms with E-state index in [1.807, 2.05) is 6.07 Å². The molecule has 1 atom stereocenters. The molecule has 1 aromatic heterocycles. The second kappa shape index (κ2) is 6.79. The van der Waals surface area contributed by atoms with E-state index in [1.54, 1.807) is 0 Å². The molecule has 3 heterocycles. The number of likely N-dealkylation sites (tertiary alicyclic amines) is 1. The topological polar surface area (TPSA) is 70.4 Å². The van der Waals surface area contributed by atoms with Crippen LogP contribution in [0.25, 0.3) is 0 Å². The Morgan fingerprint density at radius 1 is 1.48 bits per heavy atom. The summed E-state index contributed by atoms with van der Waals surface area (Å²) in [5.41, 5.74) is 1.16. The molecular weight excluding hydrogens is 316 g/mol. The van der Waals surface area contributed by atoms with E-state index in [9.17, 15) is 4.79 Å². The highest BCUT2D eigenvalue weighted by atomic mass is 35.5. The summed E-state index contributed by atoms with van der Waals surface area (Å²) in [6.45, 7) is 10.8. The molecule has 2 saturated heterocycles. The predicted octanol–water partition coefficient (Wildman–Crippen LogP) is 2.02. The summed E-state index contributed by atoms with van der Waals surface area (Å²) < 4.78 is 5.21. The molecule has 130 valence electrons. The number of halogens is 1. The van der Waals surface area contributed by atoms with E-state index in [-0.39, 0.29) is 23.7 Å². The van der Waals surface area contributed by atoms with Crippen molar-refractivity contribution in [1.82, 2.24) is 15.4 Å². The second-order valence-electron chi connectivity index (χ2n) is 7.76. The van der Waals surface area contributed by atoms with Crippen molar-refractivity contribution >= 4 is 24.2 Å². The summed E-state index contributed by atoms with van der Waals surface area (Å²) in [7, 11) is 0. The van der Waals surface area contributed by atoms with Gasteiger partial charge in [0.1, 0.15) is 0 Å². The Bertz CT molecular complexity index is 547. The quantitative estimate of drug-likeness (QED) is 0.879. The lowest BCUT2D eigenvalue weighted by Crippen LogP contribution is -2.34. The summed E-state index contributed by atoms with van der Waals surface area (Å²) in [5, 5.41) is 10.3. The lowest BCUT2D eigenvalue weighted by atomic mass is 9.87. The molecule has 2 aliphatic rings. The number of carbonyl (C=O) groups is 1. The van der Waals surface area contributed by atoms with Gasteiger partial charge in [-0.1, -0.05) is 25.9 Å². The molecule has 23 heavy (non-hydrogen) atoms. The Kier molecular flexibility index (Phi) is 5.38. The van der Waals surface area contributed by atoms with Gasteiger partial charge < -0.3 is 9.84 Å². The third-order valence-corrected chi connectivity index (χ3v) is 4.76.